The topological polar surface area (TPSA) is 61.2 Å². The van der Waals surface area contributed by atoms with E-state index in [1.165, 1.54) is 23.6 Å². The Bertz CT molecular complexity index is 679. The Hall–Kier alpha value is -2.08. The molecule has 1 aliphatic rings. The Morgan fingerprint density at radius 2 is 2.10 bits per heavy atom. The Morgan fingerprint density at radius 1 is 1.35 bits per heavy atom. The molecule has 3 rings (SSSR count). The molecular weight excluding hydrogens is 276 g/mol. The first-order chi connectivity index (χ1) is 9.72. The van der Waals surface area contributed by atoms with Crippen molar-refractivity contribution >= 4 is 22.8 Å². The minimum atomic E-state index is -0.504. The van der Waals surface area contributed by atoms with Crippen molar-refractivity contribution in [1.29, 1.82) is 0 Å². The number of rotatable bonds is 2. The molecule has 102 valence electrons. The maximum absolute atomic E-state index is 12.2. The van der Waals surface area contributed by atoms with Gasteiger partial charge >= 0.3 is 5.97 Å². The highest BCUT2D eigenvalue weighted by Crippen LogP contribution is 2.29. The van der Waals surface area contributed by atoms with Gasteiger partial charge in [0.05, 0.1) is 12.8 Å². The lowest BCUT2D eigenvalue weighted by Gasteiger charge is -2.12. The highest BCUT2D eigenvalue weighted by atomic mass is 32.2. The molecule has 0 saturated heterocycles. The first-order valence-corrected chi connectivity index (χ1v) is 7.13. The molecule has 1 aromatic heterocycles. The van der Waals surface area contributed by atoms with Gasteiger partial charge in [0, 0.05) is 11.3 Å². The number of methoxy groups -OCH3 is 1. The molecule has 0 radical (unpaired) electrons. The number of benzene rings is 1. The molecule has 6 heteroatoms. The molecule has 5 nitrogen and oxygen atoms in total. The summed E-state index contributed by atoms with van der Waals surface area (Å²) in [6, 6.07) is 9.31. The summed E-state index contributed by atoms with van der Waals surface area (Å²) >= 11 is 1.25. The van der Waals surface area contributed by atoms with Crippen LogP contribution in [0.2, 0.25) is 0 Å². The van der Waals surface area contributed by atoms with E-state index < -0.39 is 5.97 Å². The number of esters is 1. The van der Waals surface area contributed by atoms with Gasteiger partial charge in [-0.1, -0.05) is 30.0 Å². The van der Waals surface area contributed by atoms with Gasteiger partial charge in [0.2, 0.25) is 5.12 Å². The monoisotopic (exact) mass is 288 g/mol. The van der Waals surface area contributed by atoms with Crippen LogP contribution in [0, 0.1) is 0 Å². The second-order valence-electron chi connectivity index (χ2n) is 4.30. The minimum absolute atomic E-state index is 0.0576. The van der Waals surface area contributed by atoms with Crippen molar-refractivity contribution in [3.05, 3.63) is 47.3 Å². The third-order valence-corrected chi connectivity index (χ3v) is 4.01. The standard InChI is InChI=1S/C14H12N2O3S/c1-19-13(17)11-10-7-8-20-14(18)12(10)16(15-11)9-5-3-2-4-6-9/h2-6H,7-8H2,1H3. The second kappa shape index (κ2) is 5.13. The first-order valence-electron chi connectivity index (χ1n) is 6.15. The van der Waals surface area contributed by atoms with E-state index in [0.29, 0.717) is 23.4 Å². The fraction of sp³-hybridized carbons (Fsp3) is 0.214. The number of ether oxygens (including phenoxy) is 1. The van der Waals surface area contributed by atoms with Crippen LogP contribution in [0.1, 0.15) is 26.5 Å². The zero-order valence-electron chi connectivity index (χ0n) is 10.8. The van der Waals surface area contributed by atoms with Crippen molar-refractivity contribution in [3.8, 4) is 5.69 Å². The van der Waals surface area contributed by atoms with Crippen LogP contribution in [0.3, 0.4) is 0 Å². The fourth-order valence-electron chi connectivity index (χ4n) is 2.23. The fourth-order valence-corrected chi connectivity index (χ4v) is 3.07. The molecule has 2 heterocycles. The van der Waals surface area contributed by atoms with E-state index in [4.69, 9.17) is 4.74 Å². The lowest BCUT2D eigenvalue weighted by molar-refractivity contribution is 0.0592. The van der Waals surface area contributed by atoms with Crippen LogP contribution in [0.4, 0.5) is 0 Å². The number of aromatic nitrogens is 2. The molecule has 0 N–H and O–H groups in total. The number of fused-ring (bicyclic) bond motifs is 1. The molecule has 1 aliphatic heterocycles. The van der Waals surface area contributed by atoms with Crippen molar-refractivity contribution in [2.75, 3.05) is 12.9 Å². The van der Waals surface area contributed by atoms with E-state index >= 15 is 0 Å². The number of thioether (sulfide) groups is 1. The average molecular weight is 288 g/mol. The van der Waals surface area contributed by atoms with Gasteiger partial charge in [0.15, 0.2) is 5.69 Å². The van der Waals surface area contributed by atoms with Gasteiger partial charge in [0.1, 0.15) is 5.69 Å². The number of para-hydroxylation sites is 1. The summed E-state index contributed by atoms with van der Waals surface area (Å²) < 4.78 is 6.29. The second-order valence-corrected chi connectivity index (χ2v) is 5.37. The summed E-state index contributed by atoms with van der Waals surface area (Å²) in [4.78, 5) is 24.0. The molecule has 0 saturated carbocycles. The number of hydrogen-bond acceptors (Lipinski definition) is 5. The summed E-state index contributed by atoms with van der Waals surface area (Å²) in [5.41, 5.74) is 2.16. The van der Waals surface area contributed by atoms with Crippen molar-refractivity contribution in [3.63, 3.8) is 0 Å². The molecule has 0 spiro atoms. The molecule has 0 amide bonds. The van der Waals surface area contributed by atoms with Crippen LogP contribution in [-0.2, 0) is 11.2 Å². The van der Waals surface area contributed by atoms with Gasteiger partial charge in [-0.15, -0.1) is 0 Å². The van der Waals surface area contributed by atoms with E-state index in [0.717, 1.165) is 5.69 Å². The number of carbonyl (C=O) groups excluding carboxylic acids is 2. The molecule has 1 aromatic carbocycles. The van der Waals surface area contributed by atoms with Gasteiger partial charge in [-0.3, -0.25) is 4.79 Å². The number of carbonyl (C=O) groups is 2. The number of nitrogens with zero attached hydrogens (tertiary/aromatic N) is 2. The third-order valence-electron chi connectivity index (χ3n) is 3.14. The molecule has 0 aliphatic carbocycles. The summed E-state index contributed by atoms with van der Waals surface area (Å²) in [6.07, 6.45) is 0.642. The van der Waals surface area contributed by atoms with Crippen molar-refractivity contribution < 1.29 is 14.3 Å². The summed E-state index contributed by atoms with van der Waals surface area (Å²) in [5.74, 6) is 0.159. The van der Waals surface area contributed by atoms with Crippen LogP contribution >= 0.6 is 11.8 Å². The van der Waals surface area contributed by atoms with Crippen molar-refractivity contribution in [2.24, 2.45) is 0 Å². The van der Waals surface area contributed by atoms with E-state index in [1.54, 1.807) is 0 Å². The molecule has 0 atom stereocenters. The smallest absolute Gasteiger partial charge is 0.358 e. The van der Waals surface area contributed by atoms with Gasteiger partial charge in [-0.2, -0.15) is 5.10 Å². The van der Waals surface area contributed by atoms with Crippen molar-refractivity contribution in [1.82, 2.24) is 9.78 Å². The Morgan fingerprint density at radius 3 is 2.80 bits per heavy atom. The van der Waals surface area contributed by atoms with Crippen LogP contribution in [-0.4, -0.2) is 33.7 Å². The van der Waals surface area contributed by atoms with E-state index in [1.807, 2.05) is 30.3 Å². The predicted molar refractivity (Wildman–Crippen MR) is 75.4 cm³/mol. The van der Waals surface area contributed by atoms with Crippen LogP contribution in [0.15, 0.2) is 30.3 Å². The average Bonchev–Trinajstić information content (AvgIpc) is 2.88. The van der Waals surface area contributed by atoms with Crippen LogP contribution in [0.25, 0.3) is 5.69 Å². The van der Waals surface area contributed by atoms with Crippen LogP contribution in [0.5, 0.6) is 0 Å². The summed E-state index contributed by atoms with van der Waals surface area (Å²) in [7, 11) is 1.32. The summed E-state index contributed by atoms with van der Waals surface area (Å²) in [5, 5.41) is 4.23. The minimum Gasteiger partial charge on any atom is -0.464 e. The zero-order valence-corrected chi connectivity index (χ0v) is 11.6. The molecule has 2 aromatic rings. The van der Waals surface area contributed by atoms with E-state index in [-0.39, 0.29) is 10.8 Å². The van der Waals surface area contributed by atoms with Gasteiger partial charge in [-0.25, -0.2) is 9.48 Å². The lowest BCUT2D eigenvalue weighted by Crippen LogP contribution is -2.14. The Balaban J connectivity index is 2.23. The first kappa shape index (κ1) is 12.9. The zero-order chi connectivity index (χ0) is 14.1. The molecule has 0 fully saturated rings. The lowest BCUT2D eigenvalue weighted by atomic mass is 10.1. The maximum Gasteiger partial charge on any atom is 0.358 e. The third kappa shape index (κ3) is 2.02. The van der Waals surface area contributed by atoms with Gasteiger partial charge in [0.25, 0.3) is 0 Å². The highest BCUT2D eigenvalue weighted by molar-refractivity contribution is 8.14. The molecular formula is C14H12N2O3S. The number of hydrogen-bond donors (Lipinski definition) is 0. The van der Waals surface area contributed by atoms with E-state index in [9.17, 15) is 9.59 Å². The Kier molecular flexibility index (Phi) is 3.31. The van der Waals surface area contributed by atoms with E-state index in [2.05, 4.69) is 5.10 Å². The van der Waals surface area contributed by atoms with Gasteiger partial charge < -0.3 is 4.74 Å². The van der Waals surface area contributed by atoms with Crippen molar-refractivity contribution in [2.45, 2.75) is 6.42 Å². The Labute approximate surface area is 119 Å². The quantitative estimate of drug-likeness (QED) is 0.792. The molecule has 0 bridgehead atoms. The largest absolute Gasteiger partial charge is 0.464 e. The highest BCUT2D eigenvalue weighted by Gasteiger charge is 2.31. The molecule has 20 heavy (non-hydrogen) atoms. The molecule has 0 unspecified atom stereocenters. The summed E-state index contributed by atoms with van der Waals surface area (Å²) in [6.45, 7) is 0. The van der Waals surface area contributed by atoms with Gasteiger partial charge in [-0.05, 0) is 18.6 Å². The predicted octanol–water partition coefficient (Wildman–Crippen LogP) is 2.09. The SMILES string of the molecule is COC(=O)c1nn(-c2ccccc2)c2c1CCSC2=O. The normalized spacial score (nSPS) is 13.9. The van der Waals surface area contributed by atoms with Crippen LogP contribution < -0.4 is 0 Å². The maximum atomic E-state index is 12.2.